The van der Waals surface area contributed by atoms with Crippen LogP contribution in [0, 0.1) is 11.8 Å². The van der Waals surface area contributed by atoms with Crippen molar-refractivity contribution in [1.82, 2.24) is 5.32 Å². The number of hydrogen-bond donors (Lipinski definition) is 1. The van der Waals surface area contributed by atoms with E-state index in [0.29, 0.717) is 13.0 Å². The lowest BCUT2D eigenvalue weighted by Gasteiger charge is -2.05. The van der Waals surface area contributed by atoms with Gasteiger partial charge in [-0.25, -0.2) is 4.79 Å². The van der Waals surface area contributed by atoms with Crippen molar-refractivity contribution in [3.05, 3.63) is 69.7 Å². The van der Waals surface area contributed by atoms with E-state index in [1.807, 2.05) is 42.5 Å². The maximum Gasteiger partial charge on any atom is 0.407 e. The molecule has 0 aliphatic carbocycles. The van der Waals surface area contributed by atoms with Crippen molar-refractivity contribution < 1.29 is 9.53 Å². The molecule has 124 valence electrons. The molecule has 0 atom stereocenters. The van der Waals surface area contributed by atoms with Gasteiger partial charge in [-0.2, -0.15) is 0 Å². The number of halogens is 1. The average Bonchev–Trinajstić information content (AvgIpc) is 2.61. The van der Waals surface area contributed by atoms with Crippen LogP contribution in [0.1, 0.15) is 30.0 Å². The first-order valence-electron chi connectivity index (χ1n) is 7.91. The summed E-state index contributed by atoms with van der Waals surface area (Å²) in [5, 5.41) is 2.71. The maximum absolute atomic E-state index is 11.6. The van der Waals surface area contributed by atoms with Crippen molar-refractivity contribution in [1.29, 1.82) is 0 Å². The van der Waals surface area contributed by atoms with Gasteiger partial charge in [0.25, 0.3) is 0 Å². The molecule has 3 nitrogen and oxygen atoms in total. The third-order valence-electron chi connectivity index (χ3n) is 3.40. The van der Waals surface area contributed by atoms with Gasteiger partial charge in [-0.05, 0) is 35.7 Å². The highest BCUT2D eigenvalue weighted by atomic mass is 79.9. The van der Waals surface area contributed by atoms with Gasteiger partial charge in [0.05, 0.1) is 0 Å². The molecule has 0 spiro atoms. The lowest BCUT2D eigenvalue weighted by Crippen LogP contribution is -2.24. The molecule has 2 aromatic carbocycles. The molecule has 0 fully saturated rings. The zero-order chi connectivity index (χ0) is 17.2. The molecule has 1 amide bonds. The van der Waals surface area contributed by atoms with E-state index in [0.717, 1.165) is 22.0 Å². The van der Waals surface area contributed by atoms with Crippen LogP contribution in [-0.4, -0.2) is 12.6 Å². The normalized spacial score (nSPS) is 9.75. The van der Waals surface area contributed by atoms with Gasteiger partial charge in [0.1, 0.15) is 6.61 Å². The zero-order valence-corrected chi connectivity index (χ0v) is 15.2. The number of rotatable bonds is 5. The average molecular weight is 386 g/mol. The maximum atomic E-state index is 11.6. The summed E-state index contributed by atoms with van der Waals surface area (Å²) >= 11 is 3.47. The summed E-state index contributed by atoms with van der Waals surface area (Å²) in [5.41, 5.74) is 3.22. The third kappa shape index (κ3) is 6.10. The second-order valence-electron chi connectivity index (χ2n) is 5.20. The molecule has 0 bridgehead atoms. The number of ether oxygens (including phenoxy) is 1. The first-order chi connectivity index (χ1) is 11.7. The number of carbonyl (C=O) groups is 1. The quantitative estimate of drug-likeness (QED) is 0.599. The van der Waals surface area contributed by atoms with E-state index in [2.05, 4.69) is 46.1 Å². The number of hydrogen-bond acceptors (Lipinski definition) is 2. The van der Waals surface area contributed by atoms with Crippen LogP contribution >= 0.6 is 15.9 Å². The molecule has 2 rings (SSSR count). The van der Waals surface area contributed by atoms with Crippen LogP contribution in [0.4, 0.5) is 4.79 Å². The number of benzene rings is 2. The van der Waals surface area contributed by atoms with Gasteiger partial charge >= 0.3 is 6.09 Å². The van der Waals surface area contributed by atoms with Crippen molar-refractivity contribution in [2.24, 2.45) is 0 Å². The fourth-order valence-corrected chi connectivity index (χ4v) is 2.54. The van der Waals surface area contributed by atoms with Crippen molar-refractivity contribution in [3.63, 3.8) is 0 Å². The van der Waals surface area contributed by atoms with Crippen LogP contribution < -0.4 is 5.32 Å². The summed E-state index contributed by atoms with van der Waals surface area (Å²) in [5.74, 6) is 6.25. The Morgan fingerprint density at radius 1 is 1.21 bits per heavy atom. The van der Waals surface area contributed by atoms with E-state index in [-0.39, 0.29) is 6.61 Å². The van der Waals surface area contributed by atoms with Crippen LogP contribution in [0.2, 0.25) is 0 Å². The van der Waals surface area contributed by atoms with Gasteiger partial charge in [0.15, 0.2) is 0 Å². The molecule has 0 aliphatic heterocycles. The van der Waals surface area contributed by atoms with Crippen LogP contribution in [0.15, 0.2) is 53.0 Å². The molecular formula is C20H20BrNO2. The summed E-state index contributed by atoms with van der Waals surface area (Å²) in [6.45, 7) is 2.85. The van der Waals surface area contributed by atoms with E-state index in [4.69, 9.17) is 4.74 Å². The fraction of sp³-hybridized carbons (Fsp3) is 0.250. The third-order valence-corrected chi connectivity index (χ3v) is 3.90. The van der Waals surface area contributed by atoms with Crippen LogP contribution in [-0.2, 0) is 17.8 Å². The molecular weight excluding hydrogens is 366 g/mol. The number of carbonyl (C=O) groups excluding carboxylic acids is 1. The predicted molar refractivity (Wildman–Crippen MR) is 99.6 cm³/mol. The van der Waals surface area contributed by atoms with Crippen molar-refractivity contribution in [2.45, 2.75) is 26.4 Å². The molecule has 4 heteroatoms. The monoisotopic (exact) mass is 385 g/mol. The number of nitrogens with one attached hydrogen (secondary N) is 1. The Labute approximate surface area is 151 Å². The van der Waals surface area contributed by atoms with Crippen molar-refractivity contribution in [2.75, 3.05) is 6.54 Å². The van der Waals surface area contributed by atoms with E-state index in [1.165, 1.54) is 5.56 Å². The summed E-state index contributed by atoms with van der Waals surface area (Å²) in [6, 6.07) is 15.7. The SMILES string of the molecule is CCc1cc(Br)ccc1C#CCCNC(=O)OCc1ccccc1. The largest absolute Gasteiger partial charge is 0.445 e. The van der Waals surface area contributed by atoms with Crippen LogP contribution in [0.3, 0.4) is 0 Å². The van der Waals surface area contributed by atoms with Gasteiger partial charge in [0.2, 0.25) is 0 Å². The Kier molecular flexibility index (Phi) is 7.38. The predicted octanol–water partition coefficient (Wildman–Crippen LogP) is 4.68. The van der Waals surface area contributed by atoms with Crippen LogP contribution in [0.5, 0.6) is 0 Å². The van der Waals surface area contributed by atoms with Crippen LogP contribution in [0.25, 0.3) is 0 Å². The smallest absolute Gasteiger partial charge is 0.407 e. The second-order valence-corrected chi connectivity index (χ2v) is 6.11. The lowest BCUT2D eigenvalue weighted by molar-refractivity contribution is 0.140. The van der Waals surface area contributed by atoms with Gasteiger partial charge < -0.3 is 10.1 Å². The number of alkyl carbamates (subject to hydrolysis) is 1. The standard InChI is InChI=1S/C20H20BrNO2/c1-2-17-14-19(21)12-11-18(17)10-6-7-13-22-20(23)24-15-16-8-4-3-5-9-16/h3-5,8-9,11-12,14H,2,7,13,15H2,1H3,(H,22,23). The minimum atomic E-state index is -0.418. The summed E-state index contributed by atoms with van der Waals surface area (Å²) < 4.78 is 6.20. The molecule has 0 aliphatic rings. The molecule has 0 saturated carbocycles. The van der Waals surface area contributed by atoms with Crippen molar-refractivity contribution >= 4 is 22.0 Å². The highest BCUT2D eigenvalue weighted by Gasteiger charge is 2.01. The molecule has 2 aromatic rings. The minimum absolute atomic E-state index is 0.275. The first kappa shape index (κ1) is 18.1. The molecule has 1 N–H and O–H groups in total. The van der Waals surface area contributed by atoms with Gasteiger partial charge in [-0.1, -0.05) is 65.0 Å². The Hall–Kier alpha value is -2.25. The summed E-state index contributed by atoms with van der Waals surface area (Å²) in [6.07, 6.45) is 1.10. The molecule has 0 saturated heterocycles. The Morgan fingerprint density at radius 2 is 2.00 bits per heavy atom. The summed E-state index contributed by atoms with van der Waals surface area (Å²) in [7, 11) is 0. The number of aryl methyl sites for hydroxylation is 1. The second kappa shape index (κ2) is 9.79. The number of amides is 1. The topological polar surface area (TPSA) is 38.3 Å². The Bertz CT molecular complexity index is 732. The lowest BCUT2D eigenvalue weighted by atomic mass is 10.1. The highest BCUT2D eigenvalue weighted by molar-refractivity contribution is 9.10. The molecule has 0 radical (unpaired) electrons. The molecule has 0 unspecified atom stereocenters. The van der Waals surface area contributed by atoms with E-state index in [1.54, 1.807) is 0 Å². The van der Waals surface area contributed by atoms with Gasteiger partial charge in [0, 0.05) is 23.0 Å². The fourth-order valence-electron chi connectivity index (χ4n) is 2.14. The van der Waals surface area contributed by atoms with Crippen molar-refractivity contribution in [3.8, 4) is 11.8 Å². The van der Waals surface area contributed by atoms with E-state index >= 15 is 0 Å². The summed E-state index contributed by atoms with van der Waals surface area (Å²) in [4.78, 5) is 11.6. The Balaban J connectivity index is 1.72. The molecule has 24 heavy (non-hydrogen) atoms. The Morgan fingerprint density at radius 3 is 2.75 bits per heavy atom. The van der Waals surface area contributed by atoms with Gasteiger partial charge in [-0.15, -0.1) is 0 Å². The highest BCUT2D eigenvalue weighted by Crippen LogP contribution is 2.16. The molecule has 0 aromatic heterocycles. The van der Waals surface area contributed by atoms with E-state index in [9.17, 15) is 4.79 Å². The molecule has 0 heterocycles. The van der Waals surface area contributed by atoms with E-state index < -0.39 is 6.09 Å². The van der Waals surface area contributed by atoms with Gasteiger partial charge in [-0.3, -0.25) is 0 Å². The minimum Gasteiger partial charge on any atom is -0.445 e. The first-order valence-corrected chi connectivity index (χ1v) is 8.70. The zero-order valence-electron chi connectivity index (χ0n) is 13.6.